The van der Waals surface area contributed by atoms with Gasteiger partial charge in [0.25, 0.3) is 0 Å². The van der Waals surface area contributed by atoms with E-state index in [1.165, 1.54) is 106 Å². The maximum absolute atomic E-state index is 2.58. The van der Waals surface area contributed by atoms with Crippen LogP contribution in [0.15, 0.2) is 237 Å². The maximum Gasteiger partial charge on any atom is 0.0746 e. The predicted octanol–water partition coefficient (Wildman–Crippen LogP) is 15.5. The predicted molar refractivity (Wildman–Crippen MR) is 259 cm³/mol. The van der Waals surface area contributed by atoms with Crippen molar-refractivity contribution in [2.75, 3.05) is 4.90 Å². The first-order valence-corrected chi connectivity index (χ1v) is 22.1. The van der Waals surface area contributed by atoms with Gasteiger partial charge in [-0.3, -0.25) is 0 Å². The van der Waals surface area contributed by atoms with Crippen LogP contribution in [0.4, 0.5) is 17.1 Å². The molecule has 63 heavy (non-hydrogen) atoms. The van der Waals surface area contributed by atoms with Crippen molar-refractivity contribution >= 4 is 17.1 Å². The minimum Gasteiger partial charge on any atom is -0.310 e. The lowest BCUT2D eigenvalue weighted by atomic mass is 9.69. The van der Waals surface area contributed by atoms with E-state index in [2.05, 4.69) is 241 Å². The van der Waals surface area contributed by atoms with Crippen LogP contribution >= 0.6 is 0 Å². The van der Waals surface area contributed by atoms with Crippen LogP contribution in [0.1, 0.15) is 44.5 Å². The van der Waals surface area contributed by atoms with Crippen LogP contribution in [0.2, 0.25) is 0 Å². The first kappa shape index (κ1) is 34.7. The molecule has 4 aliphatic rings. The molecule has 14 rings (SSSR count). The van der Waals surface area contributed by atoms with E-state index in [0.29, 0.717) is 0 Å². The molecule has 0 aliphatic heterocycles. The molecular formula is C62H39N. The molecule has 1 nitrogen and oxygen atoms in total. The molecule has 0 unspecified atom stereocenters. The van der Waals surface area contributed by atoms with E-state index in [1.807, 2.05) is 0 Å². The van der Waals surface area contributed by atoms with Gasteiger partial charge in [-0.1, -0.05) is 206 Å². The zero-order valence-electron chi connectivity index (χ0n) is 34.5. The van der Waals surface area contributed by atoms with Gasteiger partial charge in [-0.2, -0.15) is 0 Å². The second-order valence-corrected chi connectivity index (χ2v) is 17.5. The standard InChI is InChI=1S/C62H39N/c1-2-18-40(19-3-1)41-20-16-21-42(38-41)63(43-36-37-50-48-26-6-12-31-54(48)61(58(50)39-43)52-29-10-4-22-44(52)45-23-5-11-30-53(45)61)59-35-17-28-51-49-27-9-15-34-57(49)62(60(51)59)55-32-13-7-24-46(55)47-25-8-14-33-56(47)62/h1-39H. The molecule has 4 aliphatic carbocycles. The summed E-state index contributed by atoms with van der Waals surface area (Å²) in [5.41, 5.74) is 25.9. The summed E-state index contributed by atoms with van der Waals surface area (Å²) in [5.74, 6) is 0. The number of hydrogen-bond acceptors (Lipinski definition) is 1. The highest BCUT2D eigenvalue weighted by atomic mass is 15.1. The van der Waals surface area contributed by atoms with Crippen LogP contribution in [0.5, 0.6) is 0 Å². The van der Waals surface area contributed by atoms with E-state index >= 15 is 0 Å². The summed E-state index contributed by atoms with van der Waals surface area (Å²) < 4.78 is 0. The third-order valence-electron chi connectivity index (χ3n) is 14.7. The molecule has 0 saturated heterocycles. The van der Waals surface area contributed by atoms with Crippen molar-refractivity contribution in [3.8, 4) is 55.6 Å². The van der Waals surface area contributed by atoms with Crippen LogP contribution in [0.3, 0.4) is 0 Å². The number of benzene rings is 10. The quantitative estimate of drug-likeness (QED) is 0.171. The normalized spacial score (nSPS) is 14.3. The van der Waals surface area contributed by atoms with Gasteiger partial charge in [-0.25, -0.2) is 0 Å². The number of nitrogens with zero attached hydrogens (tertiary/aromatic N) is 1. The highest BCUT2D eigenvalue weighted by Crippen LogP contribution is 2.67. The Morgan fingerprint density at radius 2 is 0.619 bits per heavy atom. The van der Waals surface area contributed by atoms with Gasteiger partial charge in [0.15, 0.2) is 0 Å². The Hall–Kier alpha value is -8.00. The molecule has 0 saturated carbocycles. The summed E-state index contributed by atoms with van der Waals surface area (Å²) in [6, 6.07) is 89.0. The van der Waals surface area contributed by atoms with Crippen molar-refractivity contribution in [1.29, 1.82) is 0 Å². The molecule has 292 valence electrons. The van der Waals surface area contributed by atoms with Crippen molar-refractivity contribution in [2.45, 2.75) is 10.8 Å². The topological polar surface area (TPSA) is 3.24 Å². The molecule has 0 fully saturated rings. The van der Waals surface area contributed by atoms with Gasteiger partial charge in [-0.15, -0.1) is 0 Å². The van der Waals surface area contributed by atoms with E-state index in [1.54, 1.807) is 0 Å². The molecule has 0 N–H and O–H groups in total. The van der Waals surface area contributed by atoms with Crippen LogP contribution in [0.25, 0.3) is 55.6 Å². The van der Waals surface area contributed by atoms with Gasteiger partial charge < -0.3 is 4.90 Å². The van der Waals surface area contributed by atoms with Gasteiger partial charge in [0, 0.05) is 16.9 Å². The lowest BCUT2D eigenvalue weighted by Crippen LogP contribution is -2.28. The van der Waals surface area contributed by atoms with Gasteiger partial charge >= 0.3 is 0 Å². The number of rotatable bonds is 4. The lowest BCUT2D eigenvalue weighted by molar-refractivity contribution is 0.790. The average molecular weight is 798 g/mol. The number of hydrogen-bond donors (Lipinski definition) is 0. The molecule has 0 atom stereocenters. The van der Waals surface area contributed by atoms with Crippen molar-refractivity contribution in [3.05, 3.63) is 281 Å². The summed E-state index contributed by atoms with van der Waals surface area (Å²) in [6.07, 6.45) is 0. The SMILES string of the molecule is c1ccc(-c2cccc(N(c3ccc4c(c3)C3(c5ccccc5-c5ccccc53)c3ccccc3-4)c3cccc4c3C3(c5ccccc5-c5ccccc53)c3ccccc3-4)c2)cc1. The fraction of sp³-hybridized carbons (Fsp3) is 0.0323. The third kappa shape index (κ3) is 4.36. The van der Waals surface area contributed by atoms with Crippen molar-refractivity contribution in [3.63, 3.8) is 0 Å². The Kier molecular flexibility index (Phi) is 7.03. The largest absolute Gasteiger partial charge is 0.310 e. The molecule has 0 amide bonds. The second-order valence-electron chi connectivity index (χ2n) is 17.5. The minimum absolute atomic E-state index is 0.466. The van der Waals surface area contributed by atoms with Crippen LogP contribution in [-0.2, 0) is 10.8 Å². The zero-order chi connectivity index (χ0) is 41.3. The first-order chi connectivity index (χ1) is 31.3. The van der Waals surface area contributed by atoms with Crippen molar-refractivity contribution < 1.29 is 0 Å². The molecule has 2 spiro atoms. The van der Waals surface area contributed by atoms with Crippen LogP contribution < -0.4 is 4.90 Å². The highest BCUT2D eigenvalue weighted by molar-refractivity contribution is 6.01. The van der Waals surface area contributed by atoms with Crippen LogP contribution in [0, 0.1) is 0 Å². The van der Waals surface area contributed by atoms with E-state index in [4.69, 9.17) is 0 Å². The minimum atomic E-state index is -0.525. The summed E-state index contributed by atoms with van der Waals surface area (Å²) >= 11 is 0. The van der Waals surface area contributed by atoms with Gasteiger partial charge in [0.1, 0.15) is 0 Å². The molecule has 0 heterocycles. The van der Waals surface area contributed by atoms with Crippen LogP contribution in [-0.4, -0.2) is 0 Å². The monoisotopic (exact) mass is 797 g/mol. The Bertz CT molecular complexity index is 3410. The summed E-state index contributed by atoms with van der Waals surface area (Å²) in [5, 5.41) is 0. The zero-order valence-corrected chi connectivity index (χ0v) is 34.5. The molecule has 0 radical (unpaired) electrons. The maximum atomic E-state index is 2.58. The summed E-state index contributed by atoms with van der Waals surface area (Å²) in [7, 11) is 0. The summed E-state index contributed by atoms with van der Waals surface area (Å²) in [4.78, 5) is 2.58. The molecule has 1 heteroatoms. The van der Waals surface area contributed by atoms with Gasteiger partial charge in [-0.05, 0) is 125 Å². The molecule has 0 bridgehead atoms. The third-order valence-corrected chi connectivity index (χ3v) is 14.7. The van der Waals surface area contributed by atoms with E-state index in [-0.39, 0.29) is 0 Å². The first-order valence-electron chi connectivity index (χ1n) is 22.1. The van der Waals surface area contributed by atoms with E-state index in [9.17, 15) is 0 Å². The van der Waals surface area contributed by atoms with E-state index in [0.717, 1.165) is 11.4 Å². The van der Waals surface area contributed by atoms with Gasteiger partial charge in [0.05, 0.1) is 16.5 Å². The second kappa shape index (κ2) is 12.8. The van der Waals surface area contributed by atoms with Crippen molar-refractivity contribution in [1.82, 2.24) is 0 Å². The Balaban J connectivity index is 1.10. The fourth-order valence-electron chi connectivity index (χ4n) is 12.4. The Morgan fingerprint density at radius 3 is 1.14 bits per heavy atom. The molecule has 10 aromatic carbocycles. The molecular weight excluding hydrogens is 759 g/mol. The Morgan fingerprint density at radius 1 is 0.238 bits per heavy atom. The van der Waals surface area contributed by atoms with Crippen molar-refractivity contribution in [2.24, 2.45) is 0 Å². The highest BCUT2D eigenvalue weighted by Gasteiger charge is 2.54. The Labute approximate surface area is 367 Å². The molecule has 0 aromatic heterocycles. The lowest BCUT2D eigenvalue weighted by Gasteiger charge is -2.36. The average Bonchev–Trinajstić information content (AvgIpc) is 4.04. The smallest absolute Gasteiger partial charge is 0.0746 e. The van der Waals surface area contributed by atoms with Gasteiger partial charge in [0.2, 0.25) is 0 Å². The number of fused-ring (bicyclic) bond motifs is 20. The fourth-order valence-corrected chi connectivity index (χ4v) is 12.4. The van der Waals surface area contributed by atoms with E-state index < -0.39 is 10.8 Å². The number of anilines is 3. The summed E-state index contributed by atoms with van der Waals surface area (Å²) in [6.45, 7) is 0. The molecule has 10 aromatic rings.